The molecule has 5 heteroatoms. The molecule has 1 N–H and O–H groups in total. The smallest absolute Gasteiger partial charge is 0.242 e. The summed E-state index contributed by atoms with van der Waals surface area (Å²) in [6.07, 6.45) is 0.292. The van der Waals surface area contributed by atoms with Crippen LogP contribution in [0.15, 0.2) is 30.3 Å². The van der Waals surface area contributed by atoms with Gasteiger partial charge in [-0.15, -0.1) is 0 Å². The molecule has 2 amide bonds. The quantitative estimate of drug-likeness (QED) is 0.899. The predicted octanol–water partition coefficient (Wildman–Crippen LogP) is 0.983. The molecular weight excluding hydrogens is 268 g/mol. The van der Waals surface area contributed by atoms with Crippen molar-refractivity contribution in [1.29, 1.82) is 0 Å². The normalized spacial score (nSPS) is 17.3. The molecule has 0 unspecified atom stereocenters. The van der Waals surface area contributed by atoms with Crippen LogP contribution in [0.1, 0.15) is 19.4 Å². The lowest BCUT2D eigenvalue weighted by Crippen LogP contribution is -2.57. The number of hydrogen-bond acceptors (Lipinski definition) is 3. The van der Waals surface area contributed by atoms with E-state index in [1.165, 1.54) is 0 Å². The Bertz CT molecular complexity index is 500. The first-order chi connectivity index (χ1) is 9.99. The molecule has 0 spiro atoms. The lowest BCUT2D eigenvalue weighted by Gasteiger charge is -2.42. The number of ether oxygens (including phenoxy) is 1. The SMILES string of the molecule is CC1(C)COCCN1C(=O)CNC(=O)Cc1ccccc1. The van der Waals surface area contributed by atoms with E-state index in [1.54, 1.807) is 4.90 Å². The van der Waals surface area contributed by atoms with Crippen molar-refractivity contribution in [2.45, 2.75) is 25.8 Å². The highest BCUT2D eigenvalue weighted by Crippen LogP contribution is 2.18. The molecule has 5 nitrogen and oxygen atoms in total. The van der Waals surface area contributed by atoms with Crippen molar-refractivity contribution >= 4 is 11.8 Å². The fourth-order valence-corrected chi connectivity index (χ4v) is 2.43. The van der Waals surface area contributed by atoms with Gasteiger partial charge in [0.2, 0.25) is 11.8 Å². The van der Waals surface area contributed by atoms with E-state index < -0.39 is 0 Å². The molecule has 0 bridgehead atoms. The van der Waals surface area contributed by atoms with Gasteiger partial charge >= 0.3 is 0 Å². The van der Waals surface area contributed by atoms with Crippen molar-refractivity contribution in [1.82, 2.24) is 10.2 Å². The third-order valence-electron chi connectivity index (χ3n) is 3.59. The molecule has 1 heterocycles. The highest BCUT2D eigenvalue weighted by molar-refractivity contribution is 5.86. The summed E-state index contributed by atoms with van der Waals surface area (Å²) in [5.41, 5.74) is 0.619. The van der Waals surface area contributed by atoms with Gasteiger partial charge in [-0.1, -0.05) is 30.3 Å². The number of benzene rings is 1. The Kier molecular flexibility index (Phi) is 4.96. The second-order valence-electron chi connectivity index (χ2n) is 5.85. The van der Waals surface area contributed by atoms with Crippen LogP contribution in [0.5, 0.6) is 0 Å². The summed E-state index contributed by atoms with van der Waals surface area (Å²) in [7, 11) is 0. The molecule has 1 fully saturated rings. The van der Waals surface area contributed by atoms with Crippen LogP contribution in [0.3, 0.4) is 0 Å². The molecule has 0 aliphatic carbocycles. The van der Waals surface area contributed by atoms with Crippen LogP contribution in [0.4, 0.5) is 0 Å². The predicted molar refractivity (Wildman–Crippen MR) is 79.8 cm³/mol. The fraction of sp³-hybridized carbons (Fsp3) is 0.500. The lowest BCUT2D eigenvalue weighted by molar-refractivity contribution is -0.146. The van der Waals surface area contributed by atoms with E-state index in [0.717, 1.165) is 5.56 Å². The molecule has 1 aliphatic rings. The van der Waals surface area contributed by atoms with Gasteiger partial charge in [-0.3, -0.25) is 9.59 Å². The van der Waals surface area contributed by atoms with Crippen LogP contribution in [0.2, 0.25) is 0 Å². The van der Waals surface area contributed by atoms with Crippen molar-refractivity contribution in [2.24, 2.45) is 0 Å². The largest absolute Gasteiger partial charge is 0.377 e. The minimum absolute atomic E-state index is 0.0368. The van der Waals surface area contributed by atoms with Gasteiger partial charge in [-0.05, 0) is 19.4 Å². The molecule has 0 radical (unpaired) electrons. The molecule has 114 valence electrons. The monoisotopic (exact) mass is 290 g/mol. The zero-order valence-corrected chi connectivity index (χ0v) is 12.6. The van der Waals surface area contributed by atoms with Gasteiger partial charge in [0.15, 0.2) is 0 Å². The van der Waals surface area contributed by atoms with Gasteiger partial charge in [0, 0.05) is 6.54 Å². The molecular formula is C16H22N2O3. The Morgan fingerprint density at radius 3 is 2.67 bits per heavy atom. The Labute approximate surface area is 125 Å². The molecule has 0 aromatic heterocycles. The molecule has 0 atom stereocenters. The van der Waals surface area contributed by atoms with Crippen LogP contribution in [-0.2, 0) is 20.7 Å². The van der Waals surface area contributed by atoms with E-state index in [-0.39, 0.29) is 23.9 Å². The van der Waals surface area contributed by atoms with E-state index in [9.17, 15) is 9.59 Å². The highest BCUT2D eigenvalue weighted by atomic mass is 16.5. The van der Waals surface area contributed by atoms with Crippen molar-refractivity contribution in [3.63, 3.8) is 0 Å². The summed E-state index contributed by atoms with van der Waals surface area (Å²) < 4.78 is 5.39. The number of nitrogens with one attached hydrogen (secondary N) is 1. The number of rotatable bonds is 4. The maximum Gasteiger partial charge on any atom is 0.242 e. The summed E-state index contributed by atoms with van der Waals surface area (Å²) in [6, 6.07) is 9.48. The fourth-order valence-electron chi connectivity index (χ4n) is 2.43. The second-order valence-corrected chi connectivity index (χ2v) is 5.85. The van der Waals surface area contributed by atoms with Crippen molar-refractivity contribution < 1.29 is 14.3 Å². The van der Waals surface area contributed by atoms with E-state index in [0.29, 0.717) is 26.2 Å². The third kappa shape index (κ3) is 4.29. The molecule has 2 rings (SSSR count). The molecule has 1 aromatic carbocycles. The Hall–Kier alpha value is -1.88. The van der Waals surface area contributed by atoms with E-state index in [4.69, 9.17) is 4.74 Å². The number of carbonyl (C=O) groups excluding carboxylic acids is 2. The van der Waals surface area contributed by atoms with E-state index in [2.05, 4.69) is 5.32 Å². The van der Waals surface area contributed by atoms with Gasteiger partial charge in [0.25, 0.3) is 0 Å². The minimum atomic E-state index is -0.320. The number of hydrogen-bond donors (Lipinski definition) is 1. The van der Waals surface area contributed by atoms with Crippen molar-refractivity contribution in [2.75, 3.05) is 26.3 Å². The first kappa shape index (κ1) is 15.5. The van der Waals surface area contributed by atoms with Crippen molar-refractivity contribution in [3.8, 4) is 0 Å². The zero-order chi connectivity index (χ0) is 15.3. The first-order valence-corrected chi connectivity index (χ1v) is 7.18. The Morgan fingerprint density at radius 1 is 1.29 bits per heavy atom. The topological polar surface area (TPSA) is 58.6 Å². The first-order valence-electron chi connectivity index (χ1n) is 7.18. The van der Waals surface area contributed by atoms with Crippen LogP contribution >= 0.6 is 0 Å². The highest BCUT2D eigenvalue weighted by Gasteiger charge is 2.33. The summed E-state index contributed by atoms with van der Waals surface area (Å²) in [4.78, 5) is 25.9. The number of morpholine rings is 1. The summed E-state index contributed by atoms with van der Waals surface area (Å²) in [5.74, 6) is -0.203. The summed E-state index contributed by atoms with van der Waals surface area (Å²) in [6.45, 7) is 5.62. The van der Waals surface area contributed by atoms with Crippen LogP contribution in [0.25, 0.3) is 0 Å². The summed E-state index contributed by atoms with van der Waals surface area (Å²) >= 11 is 0. The van der Waals surface area contributed by atoms with E-state index >= 15 is 0 Å². The molecule has 21 heavy (non-hydrogen) atoms. The summed E-state index contributed by atoms with van der Waals surface area (Å²) in [5, 5.41) is 2.70. The average molecular weight is 290 g/mol. The lowest BCUT2D eigenvalue weighted by atomic mass is 10.0. The molecule has 0 saturated carbocycles. The maximum atomic E-state index is 12.2. The number of nitrogens with zero attached hydrogens (tertiary/aromatic N) is 1. The van der Waals surface area contributed by atoms with E-state index in [1.807, 2.05) is 44.2 Å². The molecule has 1 saturated heterocycles. The standard InChI is InChI=1S/C16H22N2O3/c1-16(2)12-21-9-8-18(16)15(20)11-17-14(19)10-13-6-4-3-5-7-13/h3-7H,8-12H2,1-2H3,(H,17,19). The molecule has 1 aliphatic heterocycles. The minimum Gasteiger partial charge on any atom is -0.377 e. The van der Waals surface area contributed by atoms with Gasteiger partial charge in [0.1, 0.15) is 0 Å². The van der Waals surface area contributed by atoms with Gasteiger partial charge < -0.3 is 15.0 Å². The van der Waals surface area contributed by atoms with Crippen molar-refractivity contribution in [3.05, 3.63) is 35.9 Å². The number of carbonyl (C=O) groups is 2. The maximum absolute atomic E-state index is 12.2. The van der Waals surface area contributed by atoms with Gasteiger partial charge in [-0.25, -0.2) is 0 Å². The molecule has 1 aromatic rings. The van der Waals surface area contributed by atoms with Gasteiger partial charge in [-0.2, -0.15) is 0 Å². The number of amides is 2. The average Bonchev–Trinajstić information content (AvgIpc) is 2.45. The van der Waals surface area contributed by atoms with Gasteiger partial charge in [0.05, 0.1) is 31.7 Å². The zero-order valence-electron chi connectivity index (χ0n) is 12.6. The Balaban J connectivity index is 1.82. The van der Waals surface area contributed by atoms with Crippen LogP contribution in [-0.4, -0.2) is 48.6 Å². The Morgan fingerprint density at radius 2 is 2.00 bits per heavy atom. The van der Waals surface area contributed by atoms with Crippen LogP contribution in [0, 0.1) is 0 Å². The second kappa shape index (κ2) is 6.72. The van der Waals surface area contributed by atoms with Crippen LogP contribution < -0.4 is 5.32 Å². The third-order valence-corrected chi connectivity index (χ3v) is 3.59.